The summed E-state index contributed by atoms with van der Waals surface area (Å²) in [6, 6.07) is -5.22. The van der Waals surface area contributed by atoms with Crippen LogP contribution in [0.2, 0.25) is 0 Å². The number of amides is 10. The minimum atomic E-state index is -2.83. The van der Waals surface area contributed by atoms with Crippen molar-refractivity contribution < 1.29 is 76.5 Å². The van der Waals surface area contributed by atoms with Gasteiger partial charge in [0.15, 0.2) is 5.96 Å². The molecule has 17 N–H and O–H groups in total. The third kappa shape index (κ3) is 22.1. The summed E-state index contributed by atoms with van der Waals surface area (Å²) in [6.07, 6.45) is -3.78. The second-order valence-corrected chi connectivity index (χ2v) is 23.4. The maximum absolute atomic E-state index is 14.5. The molecule has 1 aromatic rings. The summed E-state index contributed by atoms with van der Waals surface area (Å²) in [5.74, 6) is -14.1. The maximum Gasteiger partial charge on any atom is 0.329 e. The number of hydrogen-bond acceptors (Lipinski definition) is 16. The van der Waals surface area contributed by atoms with E-state index in [1.807, 2.05) is 30.3 Å². The Bertz CT molecular complexity index is 2610. The summed E-state index contributed by atoms with van der Waals surface area (Å²) in [6.45, 7) is 14.0. The fourth-order valence-corrected chi connectivity index (χ4v) is 9.94. The summed E-state index contributed by atoms with van der Waals surface area (Å²) in [7, 11) is 1.60. The Balaban J connectivity index is 1.87. The molecule has 2 aliphatic rings. The van der Waals surface area contributed by atoms with Crippen LogP contribution < -0.4 is 69.5 Å². The maximum atomic E-state index is 14.5. The largest absolute Gasteiger partial charge is 0.458 e. The first-order chi connectivity index (χ1) is 42.0. The normalized spacial score (nSPS) is 23.2. The fraction of sp³-hybridized carbons (Fsp3) is 0.695. The van der Waals surface area contributed by atoms with Gasteiger partial charge in [-0.3, -0.25) is 53.4 Å². The summed E-state index contributed by atoms with van der Waals surface area (Å²) >= 11 is 0. The molecule has 0 radical (unpaired) electrons. The molecule has 1 spiro atoms. The zero-order chi connectivity index (χ0) is 67.0. The van der Waals surface area contributed by atoms with Crippen molar-refractivity contribution in [3.05, 3.63) is 35.9 Å². The number of hydrogen-bond donors (Lipinski definition) is 16. The van der Waals surface area contributed by atoms with E-state index in [9.17, 15) is 71.7 Å². The first-order valence-corrected chi connectivity index (χ1v) is 30.5. The van der Waals surface area contributed by atoms with Gasteiger partial charge in [-0.15, -0.1) is 0 Å². The monoisotopic (exact) mass is 1260 g/mol. The molecule has 1 aliphatic heterocycles. The van der Waals surface area contributed by atoms with Gasteiger partial charge in [-0.2, -0.15) is 0 Å². The number of rotatable bonds is 33. The highest BCUT2D eigenvalue weighted by atomic mass is 19.3. The van der Waals surface area contributed by atoms with E-state index in [0.717, 1.165) is 5.56 Å². The molecule has 30 heteroatoms. The predicted octanol–water partition coefficient (Wildman–Crippen LogP) is -1.89. The van der Waals surface area contributed by atoms with E-state index in [1.54, 1.807) is 62.4 Å². The van der Waals surface area contributed by atoms with Crippen molar-refractivity contribution in [3.63, 3.8) is 0 Å². The topological polar surface area (TPSA) is 432 Å². The molecule has 500 valence electrons. The minimum Gasteiger partial charge on any atom is -0.458 e. The van der Waals surface area contributed by atoms with Crippen LogP contribution in [-0.2, 0) is 63.9 Å². The van der Waals surface area contributed by atoms with Crippen LogP contribution in [0.15, 0.2) is 30.3 Å². The summed E-state index contributed by atoms with van der Waals surface area (Å²) < 4.78 is 32.8. The van der Waals surface area contributed by atoms with Gasteiger partial charge in [0.2, 0.25) is 65.5 Å². The lowest BCUT2D eigenvalue weighted by atomic mass is 9.94. The van der Waals surface area contributed by atoms with Crippen molar-refractivity contribution >= 4 is 71.0 Å². The number of carbonyl (C=O) groups excluding carboxylic acids is 11. The number of nitrogens with one attached hydrogen (secondary N) is 13. The van der Waals surface area contributed by atoms with Gasteiger partial charge >= 0.3 is 5.97 Å². The number of aliphatic hydroxyl groups excluding tert-OH is 2. The third-order valence-corrected chi connectivity index (χ3v) is 16.8. The highest BCUT2D eigenvalue weighted by Gasteiger charge is 2.62. The van der Waals surface area contributed by atoms with Crippen molar-refractivity contribution in [1.29, 1.82) is 5.41 Å². The van der Waals surface area contributed by atoms with Gasteiger partial charge in [-0.1, -0.05) is 111 Å². The Labute approximate surface area is 518 Å². The fourth-order valence-electron chi connectivity index (χ4n) is 9.94. The van der Waals surface area contributed by atoms with Crippen molar-refractivity contribution in [2.24, 2.45) is 35.3 Å². The number of aliphatic hydroxyl groups is 2. The highest BCUT2D eigenvalue weighted by Crippen LogP contribution is 2.48. The molecular formula is C59H96F2N14O14. The van der Waals surface area contributed by atoms with Crippen LogP contribution in [0, 0.1) is 35.0 Å². The van der Waals surface area contributed by atoms with Crippen LogP contribution in [-0.4, -0.2) is 187 Å². The first kappa shape index (κ1) is 75.6. The number of carbonyl (C=O) groups is 11. The zero-order valence-corrected chi connectivity index (χ0v) is 52.8. The molecule has 1 heterocycles. The van der Waals surface area contributed by atoms with Crippen LogP contribution in [0.25, 0.3) is 0 Å². The standard InChI is InChI=1S/C59H96F2N14O14/c1-12-29(5)42(71-49(80)38(64-11)24-35-20-17-16-18-21-35)52(83)68-39(27-76)50(81)67-37(22-19-23-65-58(62)63)48(79)70-44(31(7)14-3)54(85)72-43(30(6)13-2)53(84)69-40(28-77)51(82)73-46-34(10)89-56(87)45(32(8)15-4)74-57(88)59(26-36(59)25-41(60)61)75-47(78)33(9)66-55(46)86/h16-18,20-21,29-34,36-46,64,76-77H,12-15,19,22-28H2,1-11H3,(H,66,86)(H,67,81)(H,68,83)(H,69,84)(H,70,79)(H,71,80)(H,72,85)(H,73,82)(H,74,88)(H,75,78)(H4,62,63,65)/t29-,30-,31-,32-,33-,34-,36?,37+,38+,39-,40-,42-,43-,44+,45-,46+,59+/m0/s1. The predicted molar refractivity (Wildman–Crippen MR) is 322 cm³/mol. The number of halogens is 2. The van der Waals surface area contributed by atoms with Crippen molar-refractivity contribution in [1.82, 2.24) is 63.8 Å². The summed E-state index contributed by atoms with van der Waals surface area (Å²) in [5.41, 5.74) is 4.51. The lowest BCUT2D eigenvalue weighted by Crippen LogP contribution is -2.63. The van der Waals surface area contributed by atoms with Gasteiger partial charge in [0.05, 0.1) is 19.3 Å². The molecule has 1 aliphatic carbocycles. The Kier molecular flexibility index (Phi) is 30.7. The Hall–Kier alpha value is -7.60. The van der Waals surface area contributed by atoms with Crippen molar-refractivity contribution in [3.8, 4) is 0 Å². The Morgan fingerprint density at radius 1 is 0.685 bits per heavy atom. The minimum absolute atomic E-state index is 0.0603. The van der Waals surface area contributed by atoms with Crippen LogP contribution in [0.3, 0.4) is 0 Å². The quantitative estimate of drug-likeness (QED) is 0.0158. The summed E-state index contributed by atoms with van der Waals surface area (Å²) in [5, 5.41) is 59.5. The Morgan fingerprint density at radius 2 is 1.17 bits per heavy atom. The Morgan fingerprint density at radius 3 is 1.65 bits per heavy atom. The van der Waals surface area contributed by atoms with Crippen LogP contribution in [0.4, 0.5) is 8.78 Å². The number of likely N-dealkylation sites (N-methyl/N-ethyl adjacent to an activating group) is 1. The van der Waals surface area contributed by atoms with Gasteiger partial charge in [0.1, 0.15) is 66.0 Å². The molecule has 3 rings (SSSR count). The molecule has 28 nitrogen and oxygen atoms in total. The molecule has 0 bridgehead atoms. The number of ether oxygens (including phenoxy) is 1. The second-order valence-electron chi connectivity index (χ2n) is 23.4. The lowest BCUT2D eigenvalue weighted by Gasteiger charge is -2.31. The number of guanidine groups is 1. The van der Waals surface area contributed by atoms with Gasteiger partial charge in [-0.05, 0) is 81.7 Å². The van der Waals surface area contributed by atoms with Gasteiger partial charge in [-0.25, -0.2) is 13.6 Å². The van der Waals surface area contributed by atoms with Crippen LogP contribution in [0.1, 0.15) is 126 Å². The van der Waals surface area contributed by atoms with Crippen molar-refractivity contribution in [2.75, 3.05) is 26.8 Å². The number of cyclic esters (lactones) is 1. The number of nitrogens with two attached hydrogens (primary N) is 1. The molecule has 17 atom stereocenters. The number of esters is 1. The highest BCUT2D eigenvalue weighted by molar-refractivity contribution is 6.01. The molecule has 89 heavy (non-hydrogen) atoms. The van der Waals surface area contributed by atoms with E-state index in [2.05, 4.69) is 63.8 Å². The van der Waals surface area contributed by atoms with Gasteiger partial charge in [0, 0.05) is 13.0 Å². The summed E-state index contributed by atoms with van der Waals surface area (Å²) in [4.78, 5) is 154. The van der Waals surface area contributed by atoms with E-state index in [1.165, 1.54) is 13.8 Å². The molecule has 1 aromatic carbocycles. The van der Waals surface area contributed by atoms with E-state index < -0.39 is 193 Å². The van der Waals surface area contributed by atoms with Crippen LogP contribution in [0.5, 0.6) is 0 Å². The smallest absolute Gasteiger partial charge is 0.329 e. The molecule has 0 aromatic heterocycles. The molecular weight excluding hydrogens is 1170 g/mol. The molecule has 1 unspecified atom stereocenters. The van der Waals surface area contributed by atoms with E-state index >= 15 is 0 Å². The lowest BCUT2D eigenvalue weighted by molar-refractivity contribution is -0.157. The average Bonchev–Trinajstić information content (AvgIpc) is 1.75. The number of alkyl halides is 2. The zero-order valence-electron chi connectivity index (χ0n) is 52.8. The SMILES string of the molecule is CC[C@H](C)[C@H](NC(=O)[C@@H](Cc1ccccc1)NC)C(=O)N[C@@H](CO)C(=O)N[C@H](CCCNC(=N)N)C(=O)N[C@@H](C(=O)N[C@H](C(=O)N[C@@H](CO)C(=O)N[C@H]1C(=O)N[C@@H](C)C(=O)N[C@@]2(CC2CC(F)F)C(=O)N[C@@H]([C@@H](C)CC)C(=O)O[C@H]1C)[C@@H](C)CC)[C@@H](C)CC. The van der Waals surface area contributed by atoms with Gasteiger partial charge < -0.3 is 84.5 Å². The van der Waals surface area contributed by atoms with Crippen molar-refractivity contribution in [2.45, 2.75) is 206 Å². The van der Waals surface area contributed by atoms with Crippen LogP contribution >= 0.6 is 0 Å². The molecule has 10 amide bonds. The van der Waals surface area contributed by atoms with E-state index in [0.29, 0.717) is 19.3 Å². The van der Waals surface area contributed by atoms with E-state index in [4.69, 9.17) is 15.9 Å². The first-order valence-electron chi connectivity index (χ1n) is 30.5. The third-order valence-electron chi connectivity index (χ3n) is 16.8. The van der Waals surface area contributed by atoms with Gasteiger partial charge in [0.25, 0.3) is 0 Å². The van der Waals surface area contributed by atoms with E-state index in [-0.39, 0.29) is 44.6 Å². The average molecular weight is 1260 g/mol. The number of benzene rings is 1. The molecule has 2 fully saturated rings. The molecule has 1 saturated carbocycles. The molecule has 1 saturated heterocycles. The second kappa shape index (κ2) is 36.2.